The maximum atomic E-state index is 9.49. The van der Waals surface area contributed by atoms with Crippen LogP contribution in [0.4, 0.5) is 0 Å². The van der Waals surface area contributed by atoms with E-state index in [1.54, 1.807) is 11.1 Å². The predicted molar refractivity (Wildman–Crippen MR) is 181 cm³/mol. The minimum Gasteiger partial charge on any atom is -0.396 e. The molecule has 2 aromatic carbocycles. The molecule has 0 aromatic heterocycles. The summed E-state index contributed by atoms with van der Waals surface area (Å²) in [6.45, 7) is 10.1. The fourth-order valence-corrected chi connectivity index (χ4v) is 8.54. The summed E-state index contributed by atoms with van der Waals surface area (Å²) in [5, 5.41) is 21.9. The Morgan fingerprint density at radius 2 is 1.02 bits per heavy atom. The lowest BCUT2D eigenvalue weighted by molar-refractivity contribution is 0.0772. The monoisotopic (exact) mass is 574 g/mol. The molecule has 0 atom stereocenters. The van der Waals surface area contributed by atoms with Crippen LogP contribution in [0.1, 0.15) is 146 Å². The third kappa shape index (κ3) is 9.68. The zero-order valence-electron chi connectivity index (χ0n) is 27.3. The van der Waals surface area contributed by atoms with E-state index in [2.05, 4.69) is 49.9 Å². The average molecular weight is 575 g/mol. The number of aliphatic hydroxyl groups excluding tert-OH is 2. The Balaban J connectivity index is 0.000000952. The van der Waals surface area contributed by atoms with Crippen LogP contribution in [0.25, 0.3) is 10.8 Å². The van der Waals surface area contributed by atoms with Gasteiger partial charge in [-0.15, -0.1) is 6.58 Å². The van der Waals surface area contributed by atoms with Crippen LogP contribution < -0.4 is 0 Å². The fourth-order valence-electron chi connectivity index (χ4n) is 8.54. The molecule has 0 radical (unpaired) electrons. The second-order valence-electron chi connectivity index (χ2n) is 14.8. The largest absolute Gasteiger partial charge is 0.396 e. The van der Waals surface area contributed by atoms with Gasteiger partial charge in [0, 0.05) is 19.1 Å². The number of rotatable bonds is 10. The Kier molecular flexibility index (Phi) is 13.5. The first-order valence-corrected chi connectivity index (χ1v) is 17.8. The highest BCUT2D eigenvalue weighted by molar-refractivity contribution is 5.84. The molecule has 42 heavy (non-hydrogen) atoms. The highest BCUT2D eigenvalue weighted by Gasteiger charge is 2.28. The molecule has 2 heteroatoms. The Hall–Kier alpha value is -1.64. The number of hydrogen-bond acceptors (Lipinski definition) is 2. The van der Waals surface area contributed by atoms with Crippen LogP contribution in [-0.2, 0) is 0 Å². The number of aliphatic hydroxyl groups is 2. The summed E-state index contributed by atoms with van der Waals surface area (Å²) in [5.74, 6) is 4.94. The van der Waals surface area contributed by atoms with E-state index in [4.69, 9.17) is 0 Å². The molecule has 0 spiro atoms. The van der Waals surface area contributed by atoms with Gasteiger partial charge in [0.05, 0.1) is 0 Å². The minimum absolute atomic E-state index is 0.110. The van der Waals surface area contributed by atoms with Crippen molar-refractivity contribution in [3.8, 4) is 0 Å². The van der Waals surface area contributed by atoms with Crippen LogP contribution in [0, 0.1) is 29.6 Å². The molecule has 3 saturated carbocycles. The van der Waals surface area contributed by atoms with Crippen LogP contribution in [-0.4, -0.2) is 23.4 Å². The molecule has 234 valence electrons. The van der Waals surface area contributed by atoms with Gasteiger partial charge in [-0.05, 0) is 135 Å². The van der Waals surface area contributed by atoms with E-state index >= 15 is 0 Å². The molecule has 2 N–H and O–H groups in total. The number of allylic oxidation sites excluding steroid dienone is 1. The maximum absolute atomic E-state index is 9.49. The highest BCUT2D eigenvalue weighted by Crippen LogP contribution is 2.42. The summed E-state index contributed by atoms with van der Waals surface area (Å²) in [5.41, 5.74) is 4.32. The molecule has 0 amide bonds. The minimum atomic E-state index is 0.110. The molecule has 0 aliphatic heterocycles. The lowest BCUT2D eigenvalue weighted by Gasteiger charge is -2.34. The zero-order chi connectivity index (χ0) is 29.9. The van der Waals surface area contributed by atoms with Crippen molar-refractivity contribution >= 4 is 10.8 Å². The molecule has 0 unspecified atom stereocenters. The quantitative estimate of drug-likeness (QED) is 0.277. The molecule has 2 nitrogen and oxygen atoms in total. The standard InChI is InChI=1S/C36H54O2.C4H8/c1-2-3-26-6-12-29(13-7-26)32-18-20-35-23-33(19-21-34(35)22-32)30-14-8-27(9-15-30)4-5-28-10-16-31(17-11-28)36(24-37)25-38;1-4(2)3/h18-23,26-31,36-38H,2-17,24-25H2,1H3;1H2,2-3H3. The molecule has 5 rings (SSSR count). The highest BCUT2D eigenvalue weighted by atomic mass is 16.3. The van der Waals surface area contributed by atoms with Gasteiger partial charge in [-0.1, -0.05) is 87.4 Å². The molecule has 2 aromatic rings. The lowest BCUT2D eigenvalue weighted by Crippen LogP contribution is -2.27. The van der Waals surface area contributed by atoms with E-state index in [-0.39, 0.29) is 19.1 Å². The average Bonchev–Trinajstić information content (AvgIpc) is 3.01. The van der Waals surface area contributed by atoms with Gasteiger partial charge in [-0.25, -0.2) is 0 Å². The van der Waals surface area contributed by atoms with Gasteiger partial charge in [0.25, 0.3) is 0 Å². The van der Waals surface area contributed by atoms with Crippen molar-refractivity contribution in [2.75, 3.05) is 13.2 Å². The van der Waals surface area contributed by atoms with Gasteiger partial charge in [-0.3, -0.25) is 0 Å². The summed E-state index contributed by atoms with van der Waals surface area (Å²) in [4.78, 5) is 0. The summed E-state index contributed by atoms with van der Waals surface area (Å²) < 4.78 is 0. The summed E-state index contributed by atoms with van der Waals surface area (Å²) in [7, 11) is 0. The molecule has 3 aliphatic carbocycles. The first-order valence-electron chi connectivity index (χ1n) is 17.8. The normalized spacial score (nSPS) is 28.3. The smallest absolute Gasteiger partial charge is 0.0483 e. The first kappa shape index (κ1) is 33.3. The van der Waals surface area contributed by atoms with E-state index in [0.717, 1.165) is 29.6 Å². The van der Waals surface area contributed by atoms with E-state index < -0.39 is 0 Å². The van der Waals surface area contributed by atoms with Gasteiger partial charge in [0.2, 0.25) is 0 Å². The van der Waals surface area contributed by atoms with Crippen LogP contribution in [0.5, 0.6) is 0 Å². The SMILES string of the molecule is C=C(C)C.CCCC1CCC(c2ccc3cc(C4CCC(CCC5CCC(C(CO)CO)CC5)CC4)ccc3c2)CC1. The van der Waals surface area contributed by atoms with Crippen molar-refractivity contribution in [2.45, 2.75) is 135 Å². The van der Waals surface area contributed by atoms with Crippen molar-refractivity contribution < 1.29 is 10.2 Å². The maximum Gasteiger partial charge on any atom is 0.0483 e. The van der Waals surface area contributed by atoms with Gasteiger partial charge in [0.1, 0.15) is 0 Å². The molecule has 0 saturated heterocycles. The number of hydrogen-bond donors (Lipinski definition) is 2. The molecule has 3 aliphatic rings. The Bertz CT molecular complexity index is 1060. The van der Waals surface area contributed by atoms with Crippen molar-refractivity contribution in [1.82, 2.24) is 0 Å². The van der Waals surface area contributed by atoms with Gasteiger partial charge in [0.15, 0.2) is 0 Å². The molecule has 0 heterocycles. The third-order valence-corrected chi connectivity index (χ3v) is 11.2. The molecular formula is C40H62O2. The Morgan fingerprint density at radius 3 is 1.40 bits per heavy atom. The summed E-state index contributed by atoms with van der Waals surface area (Å²) in [6.07, 6.45) is 21.7. The van der Waals surface area contributed by atoms with E-state index in [1.165, 1.54) is 119 Å². The topological polar surface area (TPSA) is 40.5 Å². The van der Waals surface area contributed by atoms with E-state index in [1.807, 2.05) is 13.8 Å². The lowest BCUT2D eigenvalue weighted by atomic mass is 9.72. The second-order valence-corrected chi connectivity index (χ2v) is 14.8. The van der Waals surface area contributed by atoms with Gasteiger partial charge < -0.3 is 10.2 Å². The fraction of sp³-hybridized carbons (Fsp3) is 0.700. The van der Waals surface area contributed by atoms with Crippen LogP contribution in [0.3, 0.4) is 0 Å². The summed E-state index contributed by atoms with van der Waals surface area (Å²) in [6, 6.07) is 14.7. The Labute approximate surface area is 258 Å². The van der Waals surface area contributed by atoms with Gasteiger partial charge in [-0.2, -0.15) is 0 Å². The molecular weight excluding hydrogens is 512 g/mol. The van der Waals surface area contributed by atoms with E-state index in [9.17, 15) is 10.2 Å². The molecule has 0 bridgehead atoms. The first-order chi connectivity index (χ1) is 20.4. The number of benzene rings is 2. The second kappa shape index (κ2) is 17.0. The zero-order valence-corrected chi connectivity index (χ0v) is 27.3. The molecule has 3 fully saturated rings. The van der Waals surface area contributed by atoms with Crippen LogP contribution in [0.2, 0.25) is 0 Å². The van der Waals surface area contributed by atoms with Crippen LogP contribution >= 0.6 is 0 Å². The Morgan fingerprint density at radius 1 is 0.643 bits per heavy atom. The van der Waals surface area contributed by atoms with Crippen LogP contribution in [0.15, 0.2) is 48.6 Å². The van der Waals surface area contributed by atoms with E-state index in [0.29, 0.717) is 5.92 Å². The number of fused-ring (bicyclic) bond motifs is 1. The van der Waals surface area contributed by atoms with Crippen molar-refractivity contribution in [2.24, 2.45) is 29.6 Å². The van der Waals surface area contributed by atoms with Crippen molar-refractivity contribution in [3.05, 3.63) is 59.7 Å². The van der Waals surface area contributed by atoms with Crippen molar-refractivity contribution in [3.63, 3.8) is 0 Å². The van der Waals surface area contributed by atoms with Crippen molar-refractivity contribution in [1.29, 1.82) is 0 Å². The summed E-state index contributed by atoms with van der Waals surface area (Å²) >= 11 is 0. The van der Waals surface area contributed by atoms with Gasteiger partial charge >= 0.3 is 0 Å². The predicted octanol–water partition coefficient (Wildman–Crippen LogP) is 11.0. The third-order valence-electron chi connectivity index (χ3n) is 11.2.